The standard InChI is InChI=1S/C22H23N5O2S/c1-13-7-8-14-16(10-23)22(30-18(14)9-13)26-20(28)12-27(2)11-19-24-17-6-4-3-5-15(17)21(29)25-19/h3-6,13H,7-9,11-12H2,1-2H3,(H,26,28)(H,24,25,29). The van der Waals surface area contributed by atoms with Crippen LogP contribution >= 0.6 is 11.3 Å². The van der Waals surface area contributed by atoms with Crippen LogP contribution in [-0.4, -0.2) is 34.4 Å². The second kappa shape index (κ2) is 8.38. The van der Waals surface area contributed by atoms with Gasteiger partial charge in [0.05, 0.1) is 29.6 Å². The number of amides is 1. The maximum atomic E-state index is 12.6. The summed E-state index contributed by atoms with van der Waals surface area (Å²) in [5, 5.41) is 13.7. The van der Waals surface area contributed by atoms with E-state index in [0.29, 0.717) is 39.8 Å². The maximum absolute atomic E-state index is 12.6. The summed E-state index contributed by atoms with van der Waals surface area (Å²) in [4.78, 5) is 35.1. The van der Waals surface area contributed by atoms with Crippen molar-refractivity contribution in [3.05, 3.63) is 56.4 Å². The zero-order valence-corrected chi connectivity index (χ0v) is 17.8. The molecular weight excluding hydrogens is 398 g/mol. The second-order valence-electron chi connectivity index (χ2n) is 7.92. The summed E-state index contributed by atoms with van der Waals surface area (Å²) in [5.41, 5.74) is 2.15. The van der Waals surface area contributed by atoms with Gasteiger partial charge in [0.2, 0.25) is 5.91 Å². The van der Waals surface area contributed by atoms with E-state index in [2.05, 4.69) is 28.3 Å². The maximum Gasteiger partial charge on any atom is 0.258 e. The van der Waals surface area contributed by atoms with Gasteiger partial charge in [-0.05, 0) is 49.9 Å². The van der Waals surface area contributed by atoms with Gasteiger partial charge in [-0.2, -0.15) is 5.26 Å². The van der Waals surface area contributed by atoms with Crippen molar-refractivity contribution in [2.45, 2.75) is 32.7 Å². The van der Waals surface area contributed by atoms with Crippen LogP contribution in [0.4, 0.5) is 5.00 Å². The summed E-state index contributed by atoms with van der Waals surface area (Å²) in [6.45, 7) is 2.67. The minimum Gasteiger partial charge on any atom is -0.315 e. The van der Waals surface area contributed by atoms with Crippen molar-refractivity contribution in [2.24, 2.45) is 5.92 Å². The number of H-pyrrole nitrogens is 1. The van der Waals surface area contributed by atoms with E-state index < -0.39 is 0 Å². The number of fused-ring (bicyclic) bond motifs is 2. The number of hydrogen-bond acceptors (Lipinski definition) is 6. The lowest BCUT2D eigenvalue weighted by atomic mass is 9.89. The molecule has 7 nitrogen and oxygen atoms in total. The van der Waals surface area contributed by atoms with Crippen LogP contribution in [0.25, 0.3) is 10.9 Å². The third-order valence-electron chi connectivity index (χ3n) is 5.37. The topological polar surface area (TPSA) is 102 Å². The van der Waals surface area contributed by atoms with Gasteiger partial charge in [0.1, 0.15) is 16.9 Å². The Kier molecular flexibility index (Phi) is 5.66. The number of nitriles is 1. The number of aromatic amines is 1. The monoisotopic (exact) mass is 421 g/mol. The number of benzene rings is 1. The first-order valence-electron chi connectivity index (χ1n) is 9.95. The van der Waals surface area contributed by atoms with Crippen molar-refractivity contribution < 1.29 is 4.79 Å². The highest BCUT2D eigenvalue weighted by Gasteiger charge is 2.24. The number of para-hydroxylation sites is 1. The SMILES string of the molecule is CC1CCc2c(sc(NC(=O)CN(C)Cc3nc4ccccc4c(=O)[nH]3)c2C#N)C1. The molecule has 154 valence electrons. The molecule has 1 atom stereocenters. The van der Waals surface area contributed by atoms with Crippen LogP contribution in [0.3, 0.4) is 0 Å². The van der Waals surface area contributed by atoms with Crippen LogP contribution < -0.4 is 10.9 Å². The van der Waals surface area contributed by atoms with E-state index in [1.807, 2.05) is 6.07 Å². The number of carbonyl (C=O) groups is 1. The average molecular weight is 422 g/mol. The van der Waals surface area contributed by atoms with Crippen molar-refractivity contribution in [1.29, 1.82) is 5.26 Å². The van der Waals surface area contributed by atoms with Gasteiger partial charge >= 0.3 is 0 Å². The second-order valence-corrected chi connectivity index (χ2v) is 9.02. The first-order chi connectivity index (χ1) is 14.4. The van der Waals surface area contributed by atoms with Gasteiger partial charge in [-0.25, -0.2) is 4.98 Å². The molecule has 3 aromatic rings. The van der Waals surface area contributed by atoms with Gasteiger partial charge in [-0.1, -0.05) is 19.1 Å². The molecule has 1 unspecified atom stereocenters. The number of thiophene rings is 1. The molecule has 4 rings (SSSR count). The summed E-state index contributed by atoms with van der Waals surface area (Å²) in [5.74, 6) is 0.921. The molecule has 8 heteroatoms. The van der Waals surface area contributed by atoms with Crippen LogP contribution in [0.1, 0.15) is 35.2 Å². The van der Waals surface area contributed by atoms with Crippen LogP contribution in [0.15, 0.2) is 29.1 Å². The van der Waals surface area contributed by atoms with Crippen molar-refractivity contribution in [3.8, 4) is 6.07 Å². The fourth-order valence-electron chi connectivity index (χ4n) is 3.89. The van der Waals surface area contributed by atoms with E-state index in [-0.39, 0.29) is 18.0 Å². The highest BCUT2D eigenvalue weighted by Crippen LogP contribution is 2.39. The molecule has 1 aliphatic rings. The zero-order valence-electron chi connectivity index (χ0n) is 17.0. The van der Waals surface area contributed by atoms with Gasteiger partial charge in [-0.15, -0.1) is 11.3 Å². The van der Waals surface area contributed by atoms with E-state index in [0.717, 1.165) is 24.8 Å². The molecule has 0 aliphatic heterocycles. The van der Waals surface area contributed by atoms with E-state index in [1.54, 1.807) is 30.1 Å². The average Bonchev–Trinajstić information content (AvgIpc) is 3.03. The number of aromatic nitrogens is 2. The Morgan fingerprint density at radius 2 is 2.23 bits per heavy atom. The summed E-state index contributed by atoms with van der Waals surface area (Å²) < 4.78 is 0. The molecule has 0 radical (unpaired) electrons. The Morgan fingerprint density at radius 3 is 3.03 bits per heavy atom. The van der Waals surface area contributed by atoms with E-state index in [4.69, 9.17) is 0 Å². The van der Waals surface area contributed by atoms with Gasteiger partial charge < -0.3 is 10.3 Å². The molecular formula is C22H23N5O2S. The minimum atomic E-state index is -0.191. The lowest BCUT2D eigenvalue weighted by Crippen LogP contribution is -2.31. The minimum absolute atomic E-state index is 0.125. The predicted molar refractivity (Wildman–Crippen MR) is 118 cm³/mol. The molecule has 1 amide bonds. The normalized spacial score (nSPS) is 15.7. The predicted octanol–water partition coefficient (Wildman–Crippen LogP) is 3.05. The van der Waals surface area contributed by atoms with Crippen molar-refractivity contribution in [1.82, 2.24) is 14.9 Å². The van der Waals surface area contributed by atoms with Crippen LogP contribution in [-0.2, 0) is 24.2 Å². The molecule has 2 heterocycles. The van der Waals surface area contributed by atoms with Crippen molar-refractivity contribution >= 4 is 33.1 Å². The number of rotatable bonds is 5. The third-order valence-corrected chi connectivity index (χ3v) is 6.54. The fraction of sp³-hybridized carbons (Fsp3) is 0.364. The lowest BCUT2D eigenvalue weighted by Gasteiger charge is -2.17. The highest BCUT2D eigenvalue weighted by molar-refractivity contribution is 7.16. The molecule has 1 aliphatic carbocycles. The molecule has 0 spiro atoms. The molecule has 2 N–H and O–H groups in total. The number of anilines is 1. The number of nitrogens with zero attached hydrogens (tertiary/aromatic N) is 3. The Bertz CT molecular complexity index is 1210. The molecule has 0 fully saturated rings. The summed E-state index contributed by atoms with van der Waals surface area (Å²) in [7, 11) is 1.79. The lowest BCUT2D eigenvalue weighted by molar-refractivity contribution is -0.117. The first kappa shape index (κ1) is 20.3. The molecule has 30 heavy (non-hydrogen) atoms. The molecule has 0 bridgehead atoms. The van der Waals surface area contributed by atoms with E-state index in [9.17, 15) is 14.9 Å². The number of nitrogens with one attached hydrogen (secondary N) is 2. The zero-order chi connectivity index (χ0) is 21.3. The van der Waals surface area contributed by atoms with Crippen LogP contribution in [0.5, 0.6) is 0 Å². The van der Waals surface area contributed by atoms with Crippen molar-refractivity contribution in [2.75, 3.05) is 18.9 Å². The van der Waals surface area contributed by atoms with Gasteiger partial charge in [0.25, 0.3) is 5.56 Å². The molecule has 0 saturated heterocycles. The Balaban J connectivity index is 1.44. The van der Waals surface area contributed by atoms with Gasteiger partial charge in [0.15, 0.2) is 0 Å². The summed E-state index contributed by atoms with van der Waals surface area (Å²) in [6, 6.07) is 9.44. The van der Waals surface area contributed by atoms with Crippen LogP contribution in [0.2, 0.25) is 0 Å². The third kappa shape index (κ3) is 4.13. The smallest absolute Gasteiger partial charge is 0.258 e. The fourth-order valence-corrected chi connectivity index (χ4v) is 5.27. The molecule has 2 aromatic heterocycles. The number of carbonyl (C=O) groups excluding carboxylic acids is 1. The largest absolute Gasteiger partial charge is 0.315 e. The quantitative estimate of drug-likeness (QED) is 0.659. The van der Waals surface area contributed by atoms with Crippen molar-refractivity contribution in [3.63, 3.8) is 0 Å². The number of likely N-dealkylation sites (N-methyl/N-ethyl adjacent to an activating group) is 1. The first-order valence-corrected chi connectivity index (χ1v) is 10.8. The Labute approximate surface area is 178 Å². The van der Waals surface area contributed by atoms with Gasteiger partial charge in [-0.3, -0.25) is 14.5 Å². The van der Waals surface area contributed by atoms with Crippen LogP contribution in [0, 0.1) is 17.2 Å². The van der Waals surface area contributed by atoms with E-state index >= 15 is 0 Å². The molecule has 1 aromatic carbocycles. The van der Waals surface area contributed by atoms with E-state index in [1.165, 1.54) is 16.2 Å². The van der Waals surface area contributed by atoms with Gasteiger partial charge in [0, 0.05) is 4.88 Å². The Morgan fingerprint density at radius 1 is 1.43 bits per heavy atom. The number of hydrogen-bond donors (Lipinski definition) is 2. The summed E-state index contributed by atoms with van der Waals surface area (Å²) >= 11 is 1.52. The summed E-state index contributed by atoms with van der Waals surface area (Å²) in [6.07, 6.45) is 2.93. The molecule has 0 saturated carbocycles. The Hall–Kier alpha value is -3.02. The highest BCUT2D eigenvalue weighted by atomic mass is 32.1.